The molecule has 3 heteroatoms. The number of benzene rings is 1. The SMILES string of the molecule is CCNC(CC(=O)OCC)CC(C)c1ccccc1. The third-order valence-electron chi connectivity index (χ3n) is 3.22. The zero-order valence-corrected chi connectivity index (χ0v) is 12.2. The van der Waals surface area contributed by atoms with Crippen LogP contribution in [0, 0.1) is 0 Å². The van der Waals surface area contributed by atoms with E-state index in [9.17, 15) is 4.79 Å². The van der Waals surface area contributed by atoms with Gasteiger partial charge in [0.05, 0.1) is 13.0 Å². The fourth-order valence-electron chi connectivity index (χ4n) is 2.29. The van der Waals surface area contributed by atoms with E-state index in [1.54, 1.807) is 0 Å². The summed E-state index contributed by atoms with van der Waals surface area (Å²) in [6, 6.07) is 10.6. The molecule has 0 aliphatic rings. The van der Waals surface area contributed by atoms with Crippen LogP contribution in [0.25, 0.3) is 0 Å². The smallest absolute Gasteiger partial charge is 0.307 e. The minimum Gasteiger partial charge on any atom is -0.466 e. The molecular formula is C16H25NO2. The molecule has 19 heavy (non-hydrogen) atoms. The van der Waals surface area contributed by atoms with Crippen LogP contribution in [0.4, 0.5) is 0 Å². The quantitative estimate of drug-likeness (QED) is 0.732. The fourth-order valence-corrected chi connectivity index (χ4v) is 2.29. The third-order valence-corrected chi connectivity index (χ3v) is 3.22. The van der Waals surface area contributed by atoms with Gasteiger partial charge in [0.2, 0.25) is 0 Å². The lowest BCUT2D eigenvalue weighted by atomic mass is 9.92. The first-order valence-corrected chi connectivity index (χ1v) is 7.11. The summed E-state index contributed by atoms with van der Waals surface area (Å²) < 4.78 is 5.03. The highest BCUT2D eigenvalue weighted by atomic mass is 16.5. The van der Waals surface area contributed by atoms with Crippen molar-refractivity contribution in [3.8, 4) is 0 Å². The van der Waals surface area contributed by atoms with E-state index in [4.69, 9.17) is 4.74 Å². The number of hydrogen-bond donors (Lipinski definition) is 1. The Labute approximate surface area is 116 Å². The number of rotatable bonds is 8. The summed E-state index contributed by atoms with van der Waals surface area (Å²) in [6.07, 6.45) is 1.38. The maximum absolute atomic E-state index is 11.6. The second-order valence-corrected chi connectivity index (χ2v) is 4.81. The van der Waals surface area contributed by atoms with Crippen molar-refractivity contribution >= 4 is 5.97 Å². The van der Waals surface area contributed by atoms with Gasteiger partial charge in [-0.3, -0.25) is 4.79 Å². The molecule has 0 saturated heterocycles. The normalized spacial score (nSPS) is 13.8. The molecule has 1 aromatic carbocycles. The van der Waals surface area contributed by atoms with E-state index in [0.29, 0.717) is 18.9 Å². The minimum absolute atomic E-state index is 0.117. The molecular weight excluding hydrogens is 238 g/mol. The number of carbonyl (C=O) groups is 1. The number of carbonyl (C=O) groups excluding carboxylic acids is 1. The molecule has 1 rings (SSSR count). The van der Waals surface area contributed by atoms with Gasteiger partial charge in [0.25, 0.3) is 0 Å². The Morgan fingerprint density at radius 2 is 1.95 bits per heavy atom. The van der Waals surface area contributed by atoms with Crippen LogP contribution < -0.4 is 5.32 Å². The molecule has 2 unspecified atom stereocenters. The van der Waals surface area contributed by atoms with Crippen molar-refractivity contribution in [1.29, 1.82) is 0 Å². The van der Waals surface area contributed by atoms with E-state index < -0.39 is 0 Å². The zero-order valence-electron chi connectivity index (χ0n) is 12.2. The first-order valence-electron chi connectivity index (χ1n) is 7.11. The van der Waals surface area contributed by atoms with Crippen molar-refractivity contribution in [1.82, 2.24) is 5.32 Å². The lowest BCUT2D eigenvalue weighted by Crippen LogP contribution is -2.33. The van der Waals surface area contributed by atoms with E-state index in [-0.39, 0.29) is 12.0 Å². The minimum atomic E-state index is -0.117. The number of ether oxygens (including phenoxy) is 1. The molecule has 0 saturated carbocycles. The van der Waals surface area contributed by atoms with Crippen LogP contribution in [0.1, 0.15) is 45.1 Å². The summed E-state index contributed by atoms with van der Waals surface area (Å²) in [4.78, 5) is 11.6. The number of hydrogen-bond acceptors (Lipinski definition) is 3. The Morgan fingerprint density at radius 3 is 2.53 bits per heavy atom. The molecule has 0 spiro atoms. The van der Waals surface area contributed by atoms with Gasteiger partial charge in [-0.2, -0.15) is 0 Å². The van der Waals surface area contributed by atoms with Crippen LogP contribution in [0.15, 0.2) is 30.3 Å². The fraction of sp³-hybridized carbons (Fsp3) is 0.562. The average Bonchev–Trinajstić information content (AvgIpc) is 2.40. The molecule has 0 aliphatic carbocycles. The van der Waals surface area contributed by atoms with Crippen molar-refractivity contribution in [2.75, 3.05) is 13.2 Å². The monoisotopic (exact) mass is 263 g/mol. The Balaban J connectivity index is 2.55. The van der Waals surface area contributed by atoms with Gasteiger partial charge in [0.15, 0.2) is 0 Å². The first kappa shape index (κ1) is 15.7. The summed E-state index contributed by atoms with van der Waals surface area (Å²) in [7, 11) is 0. The molecule has 0 amide bonds. The highest BCUT2D eigenvalue weighted by Crippen LogP contribution is 2.21. The van der Waals surface area contributed by atoms with Gasteiger partial charge in [0, 0.05) is 6.04 Å². The third kappa shape index (κ3) is 5.88. The maximum atomic E-state index is 11.6. The predicted molar refractivity (Wildman–Crippen MR) is 78.2 cm³/mol. The van der Waals surface area contributed by atoms with E-state index in [1.165, 1.54) is 5.56 Å². The van der Waals surface area contributed by atoms with Crippen molar-refractivity contribution in [3.05, 3.63) is 35.9 Å². The van der Waals surface area contributed by atoms with Gasteiger partial charge < -0.3 is 10.1 Å². The van der Waals surface area contributed by atoms with E-state index in [0.717, 1.165) is 13.0 Å². The Bertz CT molecular complexity index is 364. The van der Waals surface area contributed by atoms with Crippen molar-refractivity contribution in [2.45, 2.75) is 45.6 Å². The van der Waals surface area contributed by atoms with E-state index in [1.807, 2.05) is 13.0 Å². The van der Waals surface area contributed by atoms with E-state index in [2.05, 4.69) is 43.4 Å². The maximum Gasteiger partial charge on any atom is 0.307 e. The number of nitrogens with one attached hydrogen (secondary N) is 1. The molecule has 0 fully saturated rings. The summed E-state index contributed by atoms with van der Waals surface area (Å²) in [6.45, 7) is 7.42. The van der Waals surface area contributed by atoms with Gasteiger partial charge in [-0.25, -0.2) is 0 Å². The van der Waals surface area contributed by atoms with Gasteiger partial charge in [-0.05, 0) is 31.4 Å². The Kier molecular flexibility index (Phi) is 7.19. The molecule has 0 radical (unpaired) electrons. The molecule has 0 heterocycles. The number of esters is 1. The van der Waals surface area contributed by atoms with Gasteiger partial charge in [0.1, 0.15) is 0 Å². The molecule has 2 atom stereocenters. The van der Waals surface area contributed by atoms with Crippen molar-refractivity contribution in [3.63, 3.8) is 0 Å². The molecule has 106 valence electrons. The highest BCUT2D eigenvalue weighted by molar-refractivity contribution is 5.70. The zero-order chi connectivity index (χ0) is 14.1. The van der Waals surface area contributed by atoms with Crippen LogP contribution in [0.3, 0.4) is 0 Å². The van der Waals surface area contributed by atoms with Crippen LogP contribution in [0.2, 0.25) is 0 Å². The van der Waals surface area contributed by atoms with Crippen LogP contribution in [0.5, 0.6) is 0 Å². The summed E-state index contributed by atoms with van der Waals surface area (Å²) in [5.74, 6) is 0.313. The summed E-state index contributed by atoms with van der Waals surface area (Å²) in [5.41, 5.74) is 1.31. The summed E-state index contributed by atoms with van der Waals surface area (Å²) in [5, 5.41) is 3.37. The predicted octanol–water partition coefficient (Wildman–Crippen LogP) is 3.11. The first-order chi connectivity index (χ1) is 9.17. The van der Waals surface area contributed by atoms with Crippen LogP contribution >= 0.6 is 0 Å². The standard InChI is InChI=1S/C16H25NO2/c1-4-17-15(12-16(18)19-5-2)11-13(3)14-9-7-6-8-10-14/h6-10,13,15,17H,4-5,11-12H2,1-3H3. The molecule has 1 N–H and O–H groups in total. The molecule has 1 aromatic rings. The van der Waals surface area contributed by atoms with Gasteiger partial charge in [-0.1, -0.05) is 44.2 Å². The second-order valence-electron chi connectivity index (χ2n) is 4.81. The molecule has 0 aliphatic heterocycles. The molecule has 0 bridgehead atoms. The second kappa shape index (κ2) is 8.70. The largest absolute Gasteiger partial charge is 0.466 e. The Hall–Kier alpha value is -1.35. The topological polar surface area (TPSA) is 38.3 Å². The molecule has 3 nitrogen and oxygen atoms in total. The molecule has 0 aromatic heterocycles. The van der Waals surface area contributed by atoms with Crippen LogP contribution in [-0.2, 0) is 9.53 Å². The van der Waals surface area contributed by atoms with Crippen molar-refractivity contribution < 1.29 is 9.53 Å². The lowest BCUT2D eigenvalue weighted by molar-refractivity contribution is -0.143. The Morgan fingerprint density at radius 1 is 1.26 bits per heavy atom. The average molecular weight is 263 g/mol. The van der Waals surface area contributed by atoms with E-state index >= 15 is 0 Å². The van der Waals surface area contributed by atoms with Crippen molar-refractivity contribution in [2.24, 2.45) is 0 Å². The summed E-state index contributed by atoms with van der Waals surface area (Å²) >= 11 is 0. The lowest BCUT2D eigenvalue weighted by Gasteiger charge is -2.21. The van der Waals surface area contributed by atoms with Crippen LogP contribution in [-0.4, -0.2) is 25.2 Å². The highest BCUT2D eigenvalue weighted by Gasteiger charge is 2.17. The van der Waals surface area contributed by atoms with Gasteiger partial charge in [-0.15, -0.1) is 0 Å². The van der Waals surface area contributed by atoms with Gasteiger partial charge >= 0.3 is 5.97 Å².